The first-order valence-electron chi connectivity index (χ1n) is 7.10. The summed E-state index contributed by atoms with van der Waals surface area (Å²) in [6.07, 6.45) is 4.53. The minimum Gasteiger partial charge on any atom is -0.465 e. The molecule has 3 rings (SSSR count). The van der Waals surface area contributed by atoms with E-state index < -0.39 is 12.1 Å². The van der Waals surface area contributed by atoms with E-state index in [-0.39, 0.29) is 5.92 Å². The monoisotopic (exact) mass is 332 g/mol. The van der Waals surface area contributed by atoms with E-state index in [2.05, 4.69) is 15.0 Å². The molecule has 2 aromatic heterocycles. The van der Waals surface area contributed by atoms with Crippen molar-refractivity contribution >= 4 is 23.3 Å². The minimum absolute atomic E-state index is 0.231. The third-order valence-corrected chi connectivity index (χ3v) is 4.21. The highest BCUT2D eigenvalue weighted by atomic mass is 32.1. The van der Waals surface area contributed by atoms with Crippen LogP contribution in [0.2, 0.25) is 0 Å². The molecule has 2 unspecified atom stereocenters. The molecule has 0 spiro atoms. The predicted octanol–water partition coefficient (Wildman–Crippen LogP) is 1.30. The van der Waals surface area contributed by atoms with E-state index in [1.54, 1.807) is 29.4 Å². The number of carboxylic acid groups (broad SMARTS) is 1. The fourth-order valence-electron chi connectivity index (χ4n) is 2.89. The van der Waals surface area contributed by atoms with Gasteiger partial charge in [-0.05, 0) is 19.4 Å². The van der Waals surface area contributed by atoms with Gasteiger partial charge in [0.05, 0.1) is 16.7 Å². The largest absolute Gasteiger partial charge is 0.465 e. The minimum atomic E-state index is -1.01. The van der Waals surface area contributed by atoms with Gasteiger partial charge in [-0.2, -0.15) is 0 Å². The molecule has 3 N–H and O–H groups in total. The van der Waals surface area contributed by atoms with Gasteiger partial charge < -0.3 is 10.8 Å². The Morgan fingerprint density at radius 1 is 1.48 bits per heavy atom. The molecule has 1 saturated heterocycles. The Kier molecular flexibility index (Phi) is 3.95. The van der Waals surface area contributed by atoms with Crippen molar-refractivity contribution < 1.29 is 9.90 Å². The highest BCUT2D eigenvalue weighted by Gasteiger charge is 2.40. The summed E-state index contributed by atoms with van der Waals surface area (Å²) in [5, 5.41) is 9.45. The molecule has 0 radical (unpaired) electrons. The van der Waals surface area contributed by atoms with E-state index in [1.807, 2.05) is 6.92 Å². The van der Waals surface area contributed by atoms with Gasteiger partial charge in [-0.1, -0.05) is 12.2 Å². The van der Waals surface area contributed by atoms with Crippen molar-refractivity contribution in [2.45, 2.75) is 19.4 Å². The molecule has 1 fully saturated rings. The number of nitrogens with zero attached hydrogens (tertiary/aromatic N) is 5. The lowest BCUT2D eigenvalue weighted by Crippen LogP contribution is -2.34. The lowest BCUT2D eigenvalue weighted by atomic mass is 9.97. The number of carbonyl (C=O) groups is 1. The number of imidazole rings is 1. The van der Waals surface area contributed by atoms with Gasteiger partial charge in [0.15, 0.2) is 0 Å². The molecule has 1 aliphatic rings. The number of hydrogen-bond donors (Lipinski definition) is 2. The van der Waals surface area contributed by atoms with Crippen molar-refractivity contribution in [1.29, 1.82) is 0 Å². The van der Waals surface area contributed by atoms with Gasteiger partial charge in [-0.25, -0.2) is 19.7 Å². The molecule has 2 aromatic rings. The average molecular weight is 332 g/mol. The van der Waals surface area contributed by atoms with Crippen LogP contribution in [-0.4, -0.2) is 47.2 Å². The first-order chi connectivity index (χ1) is 11.0. The van der Waals surface area contributed by atoms with Crippen molar-refractivity contribution in [2.75, 3.05) is 6.54 Å². The molecule has 1 aliphatic heterocycles. The smallest absolute Gasteiger partial charge is 0.407 e. The summed E-state index contributed by atoms with van der Waals surface area (Å²) in [5.74, 6) is 0.211. The molecule has 120 valence electrons. The van der Waals surface area contributed by atoms with E-state index in [0.29, 0.717) is 29.6 Å². The summed E-state index contributed by atoms with van der Waals surface area (Å²) in [4.78, 5) is 26.0. The van der Waals surface area contributed by atoms with E-state index >= 15 is 0 Å². The number of nitrogens with two attached hydrogens (primary N) is 1. The van der Waals surface area contributed by atoms with Crippen LogP contribution in [0.3, 0.4) is 0 Å². The molecule has 0 aliphatic carbocycles. The number of hydrogen-bond acceptors (Lipinski definition) is 5. The maximum atomic E-state index is 11.5. The lowest BCUT2D eigenvalue weighted by molar-refractivity contribution is 0.137. The van der Waals surface area contributed by atoms with Crippen LogP contribution in [0.15, 0.2) is 24.8 Å². The number of amides is 1. The Morgan fingerprint density at radius 3 is 2.87 bits per heavy atom. The van der Waals surface area contributed by atoms with Gasteiger partial charge in [0.2, 0.25) is 5.95 Å². The molecular formula is C14H16N6O2S. The van der Waals surface area contributed by atoms with Crippen LogP contribution in [-0.2, 0) is 0 Å². The predicted molar refractivity (Wildman–Crippen MR) is 86.3 cm³/mol. The normalized spacial score (nSPS) is 20.7. The van der Waals surface area contributed by atoms with E-state index in [9.17, 15) is 9.90 Å². The van der Waals surface area contributed by atoms with Crippen LogP contribution >= 0.6 is 12.2 Å². The summed E-state index contributed by atoms with van der Waals surface area (Å²) in [6.45, 7) is 2.22. The molecule has 9 heteroatoms. The van der Waals surface area contributed by atoms with E-state index in [0.717, 1.165) is 5.69 Å². The van der Waals surface area contributed by atoms with Crippen LogP contribution in [0, 0.1) is 12.8 Å². The maximum Gasteiger partial charge on any atom is 0.407 e. The van der Waals surface area contributed by atoms with Crippen molar-refractivity contribution in [2.24, 2.45) is 11.7 Å². The molecular weight excluding hydrogens is 316 g/mol. The molecule has 0 saturated carbocycles. The lowest BCUT2D eigenvalue weighted by Gasteiger charge is -2.25. The topological polar surface area (TPSA) is 110 Å². The van der Waals surface area contributed by atoms with Crippen LogP contribution in [0.25, 0.3) is 5.95 Å². The molecule has 1 amide bonds. The summed E-state index contributed by atoms with van der Waals surface area (Å²) < 4.78 is 1.67. The fourth-order valence-corrected chi connectivity index (χ4v) is 3.14. The number of aryl methyl sites for hydroxylation is 1. The Balaban J connectivity index is 2.07. The fraction of sp³-hybridized carbons (Fsp3) is 0.357. The molecule has 23 heavy (non-hydrogen) atoms. The maximum absolute atomic E-state index is 11.5. The van der Waals surface area contributed by atoms with E-state index in [1.165, 1.54) is 4.90 Å². The Hall–Kier alpha value is -2.55. The SMILES string of the molecule is Cc1cc(C2C(C(N)=S)CCN2C(=O)O)nc(-n2ccnc2)n1. The molecule has 3 heterocycles. The molecule has 0 bridgehead atoms. The number of thiocarbonyl (C=S) groups is 1. The van der Waals surface area contributed by atoms with E-state index in [4.69, 9.17) is 18.0 Å². The third kappa shape index (κ3) is 2.87. The molecule has 0 aromatic carbocycles. The van der Waals surface area contributed by atoms with Crippen LogP contribution < -0.4 is 5.73 Å². The zero-order chi connectivity index (χ0) is 16.6. The van der Waals surface area contributed by atoms with Gasteiger partial charge in [0, 0.05) is 30.6 Å². The van der Waals surface area contributed by atoms with Gasteiger partial charge >= 0.3 is 6.09 Å². The zero-order valence-corrected chi connectivity index (χ0v) is 13.3. The zero-order valence-electron chi connectivity index (χ0n) is 12.5. The highest BCUT2D eigenvalue weighted by molar-refractivity contribution is 7.80. The molecule has 2 atom stereocenters. The summed E-state index contributed by atoms with van der Waals surface area (Å²) >= 11 is 5.12. The summed E-state index contributed by atoms with van der Waals surface area (Å²) in [7, 11) is 0. The molecule has 8 nitrogen and oxygen atoms in total. The van der Waals surface area contributed by atoms with Crippen LogP contribution in [0.5, 0.6) is 0 Å². The van der Waals surface area contributed by atoms with Crippen molar-refractivity contribution in [3.8, 4) is 5.95 Å². The average Bonchev–Trinajstić information content (AvgIpc) is 3.16. The van der Waals surface area contributed by atoms with Gasteiger partial charge in [-0.15, -0.1) is 0 Å². The van der Waals surface area contributed by atoms with Gasteiger partial charge in [-0.3, -0.25) is 9.47 Å². The van der Waals surface area contributed by atoms with Crippen LogP contribution in [0.1, 0.15) is 23.9 Å². The Bertz CT molecular complexity index is 726. The first-order valence-corrected chi connectivity index (χ1v) is 7.51. The Labute approximate surface area is 138 Å². The third-order valence-electron chi connectivity index (χ3n) is 3.91. The summed E-state index contributed by atoms with van der Waals surface area (Å²) in [5.41, 5.74) is 7.14. The number of aromatic nitrogens is 4. The second kappa shape index (κ2) is 5.92. The number of rotatable bonds is 3. The van der Waals surface area contributed by atoms with Crippen molar-refractivity contribution in [3.05, 3.63) is 36.2 Å². The second-order valence-electron chi connectivity index (χ2n) is 5.42. The van der Waals surface area contributed by atoms with Crippen molar-refractivity contribution in [1.82, 2.24) is 24.4 Å². The standard InChI is InChI=1S/C14H16N6O2S/c1-8-6-10(18-13(17-8)19-5-3-16-7-19)11-9(12(15)23)2-4-20(11)14(21)22/h3,5-7,9,11H,2,4H2,1H3,(H2,15,23)(H,21,22). The Morgan fingerprint density at radius 2 is 2.26 bits per heavy atom. The van der Waals surface area contributed by atoms with Gasteiger partial charge in [0.25, 0.3) is 0 Å². The van der Waals surface area contributed by atoms with Gasteiger partial charge in [0.1, 0.15) is 6.33 Å². The highest BCUT2D eigenvalue weighted by Crippen LogP contribution is 2.37. The van der Waals surface area contributed by atoms with Crippen molar-refractivity contribution in [3.63, 3.8) is 0 Å². The quantitative estimate of drug-likeness (QED) is 0.815. The number of likely N-dealkylation sites (tertiary alicyclic amines) is 1. The first kappa shape index (κ1) is 15.3. The summed E-state index contributed by atoms with van der Waals surface area (Å²) in [6, 6.07) is 1.28. The van der Waals surface area contributed by atoms with Crippen LogP contribution in [0.4, 0.5) is 4.79 Å². The second-order valence-corrected chi connectivity index (χ2v) is 5.89.